The van der Waals surface area contributed by atoms with Crippen LogP contribution in [-0.4, -0.2) is 54.2 Å². The van der Waals surface area contributed by atoms with E-state index < -0.39 is 58.2 Å². The van der Waals surface area contributed by atoms with E-state index in [1.807, 2.05) is 13.8 Å². The number of ether oxygens (including phenoxy) is 2. The molecule has 1 atom stereocenters. The van der Waals surface area contributed by atoms with Crippen LogP contribution in [0.3, 0.4) is 0 Å². The molecule has 1 unspecified atom stereocenters. The third-order valence-electron chi connectivity index (χ3n) is 9.52. The van der Waals surface area contributed by atoms with Gasteiger partial charge < -0.3 is 24.7 Å². The van der Waals surface area contributed by atoms with Crippen molar-refractivity contribution in [2.45, 2.75) is 111 Å². The minimum atomic E-state index is -4.90. The van der Waals surface area contributed by atoms with E-state index in [1.54, 1.807) is 39.8 Å². The average molecular weight is 818 g/mol. The fourth-order valence-corrected chi connectivity index (χ4v) is 6.35. The van der Waals surface area contributed by atoms with E-state index in [0.717, 1.165) is 36.9 Å². The fourth-order valence-electron chi connectivity index (χ4n) is 6.35. The fraction of sp³-hybridized carbons (Fsp3) is 0.537. The van der Waals surface area contributed by atoms with E-state index in [2.05, 4.69) is 9.64 Å². The van der Waals surface area contributed by atoms with Crippen LogP contribution in [-0.2, 0) is 39.5 Å². The third-order valence-corrected chi connectivity index (χ3v) is 9.52. The van der Waals surface area contributed by atoms with Gasteiger partial charge in [0.05, 0.1) is 23.8 Å². The van der Waals surface area contributed by atoms with Gasteiger partial charge in [-0.1, -0.05) is 33.3 Å². The van der Waals surface area contributed by atoms with Gasteiger partial charge in [0.2, 0.25) is 5.91 Å². The van der Waals surface area contributed by atoms with E-state index >= 15 is 4.39 Å². The predicted molar refractivity (Wildman–Crippen MR) is 200 cm³/mol. The second kappa shape index (κ2) is 20.3. The number of alkyl halides is 6. The Morgan fingerprint density at radius 2 is 1.60 bits per heavy atom. The van der Waals surface area contributed by atoms with Gasteiger partial charge in [0.15, 0.2) is 0 Å². The van der Waals surface area contributed by atoms with Crippen molar-refractivity contribution >= 4 is 12.4 Å². The predicted octanol–water partition coefficient (Wildman–Crippen LogP) is 9.13. The van der Waals surface area contributed by atoms with Gasteiger partial charge in [0.1, 0.15) is 23.4 Å². The molecule has 0 radical (unpaired) electrons. The van der Waals surface area contributed by atoms with Gasteiger partial charge in [-0.3, -0.25) is 14.4 Å². The van der Waals surface area contributed by atoms with Crippen LogP contribution in [0.1, 0.15) is 99.2 Å². The summed E-state index contributed by atoms with van der Waals surface area (Å²) < 4.78 is 120. The Kier molecular flexibility index (Phi) is 16.7. The van der Waals surface area contributed by atoms with Crippen LogP contribution in [0.5, 0.6) is 5.75 Å². The van der Waals surface area contributed by atoms with E-state index in [-0.39, 0.29) is 36.0 Å². The number of hydrogen-bond acceptors (Lipinski definition) is 6. The van der Waals surface area contributed by atoms with Crippen molar-refractivity contribution in [1.29, 1.82) is 0 Å². The smallest absolute Gasteiger partial charge is 0.419 e. The number of rotatable bonds is 14. The van der Waals surface area contributed by atoms with Crippen LogP contribution in [0.25, 0.3) is 11.1 Å². The first kappa shape index (κ1) is 46.9. The summed E-state index contributed by atoms with van der Waals surface area (Å²) in [5.74, 6) is -2.59. The molecule has 57 heavy (non-hydrogen) atoms. The van der Waals surface area contributed by atoms with Gasteiger partial charge in [-0.25, -0.2) is 8.78 Å². The molecule has 5 rings (SSSR count). The summed E-state index contributed by atoms with van der Waals surface area (Å²) in [5, 5.41) is 0. The molecule has 16 heteroatoms. The van der Waals surface area contributed by atoms with Crippen LogP contribution in [0.2, 0.25) is 0 Å². The molecule has 2 N–H and O–H groups in total. The average Bonchev–Trinajstić information content (AvgIpc) is 3.91. The summed E-state index contributed by atoms with van der Waals surface area (Å²) in [5.41, 5.74) is 2.93. The molecule has 1 amide bonds. The second-order valence-corrected chi connectivity index (χ2v) is 14.5. The monoisotopic (exact) mass is 817 g/mol. The largest absolute Gasteiger partial charge is 0.490 e. The zero-order valence-corrected chi connectivity index (χ0v) is 33.0. The number of nitrogens with zero attached hydrogens (tertiary/aromatic N) is 2. The molecule has 0 bridgehead atoms. The van der Waals surface area contributed by atoms with Gasteiger partial charge in [-0.05, 0) is 113 Å². The van der Waals surface area contributed by atoms with Crippen molar-refractivity contribution in [2.24, 2.45) is 11.7 Å². The van der Waals surface area contributed by atoms with Crippen LogP contribution in [0.15, 0.2) is 35.3 Å². The van der Waals surface area contributed by atoms with Gasteiger partial charge >= 0.3 is 12.4 Å². The van der Waals surface area contributed by atoms with Crippen molar-refractivity contribution in [3.05, 3.63) is 85.8 Å². The first-order chi connectivity index (χ1) is 26.7. The Bertz CT molecular complexity index is 1900. The maximum Gasteiger partial charge on any atom is 0.419 e. The number of nitrogens with two attached hydrogens (primary N) is 1. The lowest BCUT2D eigenvalue weighted by molar-refractivity contribution is -0.140. The van der Waals surface area contributed by atoms with Crippen LogP contribution in [0.4, 0.5) is 35.1 Å². The zero-order valence-electron chi connectivity index (χ0n) is 33.0. The van der Waals surface area contributed by atoms with Crippen LogP contribution >= 0.6 is 0 Å². The lowest BCUT2D eigenvalue weighted by atomic mass is 9.90. The highest BCUT2D eigenvalue weighted by molar-refractivity contribution is 5.78. The number of aromatic nitrogens is 1. The molecule has 1 saturated heterocycles. The number of aryl methyl sites for hydroxylation is 1. The number of pyridine rings is 1. The SMILES string of the molecule is CC(C)CC(C(N)=O)n1cc(CCN2CCC2)c(C(F)(F)F)cc1=O.CCCc1c(F)c(-c2c(C)ccc(OC3CC3)c2C)cc(C(F)(F)F)c1F.CCOC=O. The Morgan fingerprint density at radius 3 is 2.05 bits per heavy atom. The van der Waals surface area contributed by atoms with Crippen molar-refractivity contribution in [3.8, 4) is 16.9 Å². The van der Waals surface area contributed by atoms with Crippen molar-refractivity contribution in [2.75, 3.05) is 26.2 Å². The van der Waals surface area contributed by atoms with E-state index in [1.165, 1.54) is 6.20 Å². The third kappa shape index (κ3) is 12.8. The van der Waals surface area contributed by atoms with Crippen LogP contribution in [0, 0.1) is 31.4 Å². The quantitative estimate of drug-likeness (QED) is 0.129. The van der Waals surface area contributed by atoms with Gasteiger partial charge in [-0.2, -0.15) is 26.3 Å². The van der Waals surface area contributed by atoms with Gasteiger partial charge in [-0.15, -0.1) is 0 Å². The molecule has 1 aromatic heterocycles. The highest BCUT2D eigenvalue weighted by Crippen LogP contribution is 2.42. The number of hydrogen-bond donors (Lipinski definition) is 1. The zero-order chi connectivity index (χ0) is 42.8. The van der Waals surface area contributed by atoms with Gasteiger partial charge in [0, 0.05) is 29.9 Å². The summed E-state index contributed by atoms with van der Waals surface area (Å²) in [6.45, 7) is 13.7. The molecule has 1 aliphatic carbocycles. The standard InChI is InChI=1S/C21H21F5O.C17H24F3N3O2.C3H6O2/c1-4-5-14-19(22)15(10-16(20(14)23)21(24,25)26)18-11(2)6-9-17(12(18)3)27-13-7-8-13;1-11(2)8-14(16(21)25)23-10-12(4-7-22-5-3-6-22)13(9-15(23)24)17(18,19)20;1-2-5-3-4/h6,9-10,13H,4-5,7-8H2,1-3H3;9-11,14H,3-8H2,1-2H3,(H2,21,25);3H,2H2,1H3. The number of carbonyl (C=O) groups excluding carboxylic acids is 2. The summed E-state index contributed by atoms with van der Waals surface area (Å²) in [7, 11) is 0. The lowest BCUT2D eigenvalue weighted by Gasteiger charge is -2.31. The molecular formula is C41H51F8N3O5. The van der Waals surface area contributed by atoms with Crippen molar-refractivity contribution in [3.63, 3.8) is 0 Å². The first-order valence-electron chi connectivity index (χ1n) is 18.9. The van der Waals surface area contributed by atoms with Crippen molar-refractivity contribution in [1.82, 2.24) is 9.47 Å². The molecule has 0 spiro atoms. The molecule has 3 aromatic rings. The van der Waals surface area contributed by atoms with E-state index in [9.17, 15) is 45.1 Å². The number of benzene rings is 2. The van der Waals surface area contributed by atoms with Gasteiger partial charge in [0.25, 0.3) is 12.0 Å². The molecule has 2 fully saturated rings. The highest BCUT2D eigenvalue weighted by Gasteiger charge is 2.38. The Morgan fingerprint density at radius 1 is 0.965 bits per heavy atom. The summed E-state index contributed by atoms with van der Waals surface area (Å²) in [6, 6.07) is 3.65. The summed E-state index contributed by atoms with van der Waals surface area (Å²) >= 11 is 0. The number of amides is 1. The second-order valence-electron chi connectivity index (χ2n) is 14.5. The molecule has 8 nitrogen and oxygen atoms in total. The normalized spacial score (nSPS) is 14.8. The molecule has 1 saturated carbocycles. The number of likely N-dealkylation sites (tertiary alicyclic amines) is 1. The molecule has 316 valence electrons. The Labute approximate surface area is 327 Å². The summed E-state index contributed by atoms with van der Waals surface area (Å²) in [4.78, 5) is 35.2. The first-order valence-corrected chi connectivity index (χ1v) is 18.9. The number of halogens is 8. The lowest BCUT2D eigenvalue weighted by Crippen LogP contribution is -2.39. The molecule has 2 aliphatic rings. The number of carbonyl (C=O) groups is 2. The van der Waals surface area contributed by atoms with E-state index in [0.29, 0.717) is 67.0 Å². The Hall–Kier alpha value is -4.47. The topological polar surface area (TPSA) is 104 Å². The molecule has 1 aliphatic heterocycles. The minimum absolute atomic E-state index is 0.0222. The molecular weight excluding hydrogens is 766 g/mol. The van der Waals surface area contributed by atoms with Crippen molar-refractivity contribution < 1.29 is 54.2 Å². The number of primary amides is 1. The van der Waals surface area contributed by atoms with Crippen LogP contribution < -0.4 is 16.0 Å². The minimum Gasteiger partial charge on any atom is -0.490 e. The maximum atomic E-state index is 15.1. The Balaban J connectivity index is 0.000000274. The molecule has 2 aromatic carbocycles. The maximum absolute atomic E-state index is 15.1. The molecule has 2 heterocycles. The summed E-state index contributed by atoms with van der Waals surface area (Å²) in [6.07, 6.45) is -4.66. The highest BCUT2D eigenvalue weighted by atomic mass is 19.4. The van der Waals surface area contributed by atoms with E-state index in [4.69, 9.17) is 10.5 Å².